The molecule has 8 aromatic heterocycles. The van der Waals surface area contributed by atoms with E-state index in [4.69, 9.17) is 0 Å². The van der Waals surface area contributed by atoms with Crippen LogP contribution >= 0.6 is 0 Å². The molecule has 0 saturated heterocycles. The van der Waals surface area contributed by atoms with Gasteiger partial charge in [0.15, 0.2) is 0 Å². The van der Waals surface area contributed by atoms with E-state index in [1.54, 1.807) is 31.0 Å². The first-order valence-corrected chi connectivity index (χ1v) is 40.3. The number of aromatic nitrogens is 8. The van der Waals surface area contributed by atoms with E-state index in [1.807, 2.05) is 341 Å². The molecule has 0 N–H and O–H groups in total. The Morgan fingerprint density at radius 1 is 0.173 bits per heavy atom. The predicted octanol–water partition coefficient (Wildman–Crippen LogP) is 28.0. The van der Waals surface area contributed by atoms with E-state index >= 15 is 0 Å². The van der Waals surface area contributed by atoms with Crippen LogP contribution in [0.4, 0.5) is 0 Å². The predicted molar refractivity (Wildman–Crippen MR) is 504 cm³/mol. The van der Waals surface area contributed by atoms with Crippen LogP contribution in [0.25, 0.3) is 135 Å². The van der Waals surface area contributed by atoms with Crippen LogP contribution in [0.15, 0.2) is 468 Å². The molecule has 0 aliphatic heterocycles. The minimum Gasteiger partial charge on any atom is -0.305 e. The number of rotatable bonds is 12. The molecular weight excluding hydrogens is 2260 g/mol. The van der Waals surface area contributed by atoms with Gasteiger partial charge in [0.25, 0.3) is 0 Å². The number of nitrogens with zero attached hydrogens (tertiary/aromatic N) is 8. The van der Waals surface area contributed by atoms with E-state index in [0.29, 0.717) is 0 Å². The molecule has 0 bridgehead atoms. The van der Waals surface area contributed by atoms with Crippen molar-refractivity contribution in [2.45, 2.75) is 20.8 Å². The van der Waals surface area contributed by atoms with Gasteiger partial charge in [-0.3, -0.25) is 0 Å². The fourth-order valence-corrected chi connectivity index (χ4v) is 12.5. The van der Waals surface area contributed by atoms with Crippen molar-refractivity contribution >= 4 is 0 Å². The smallest absolute Gasteiger partial charge is 0.0242 e. The summed E-state index contributed by atoms with van der Waals surface area (Å²) in [6, 6.07) is 164. The van der Waals surface area contributed by atoms with Crippen molar-refractivity contribution < 1.29 is 80.4 Å². The van der Waals surface area contributed by atoms with Gasteiger partial charge in [-0.25, -0.2) is 0 Å². The Bertz CT molecular complexity index is 5830. The van der Waals surface area contributed by atoms with Gasteiger partial charge in [-0.05, 0) is 119 Å². The van der Waals surface area contributed by atoms with Crippen LogP contribution in [-0.2, 0) is 80.4 Å². The second-order valence-corrected chi connectivity index (χ2v) is 27.7. The van der Waals surface area contributed by atoms with Gasteiger partial charge in [0.1, 0.15) is 0 Å². The summed E-state index contributed by atoms with van der Waals surface area (Å²) in [4.78, 5) is 34.5. The molecule has 20 aromatic rings. The standard InChI is InChI=1S/3C18H14N.C17H12N.4C11H8N.4Ir/c1-14-12-18(16-10-6-3-7-11-16)19-13-17(14)15-8-4-2-5-9-15;1-14-7-12-18(19-13-14)17-10-8-16(9-11-17)15-5-3-2-4-6-15;1-14-11-12-19-18(13-14)17-9-7-16(8-10-17)15-5-3-2-4-6-15;1-2-6-14(7-3-1)15-9-11-16(12-10-15)17-8-4-5-13-18-17;4*1-2-6-10(7-3-1)11-8-4-5-9-12-11;;;;/h2*2-10,12-13H,1H3;2-9,11-13H,1H3;1-11,13H;4*1-6,8-9H;;;;/q8*-1;;;;. The zero-order valence-electron chi connectivity index (χ0n) is 69.9. The molecule has 0 spiro atoms. The van der Waals surface area contributed by atoms with E-state index in [2.05, 4.69) is 205 Å². The van der Waals surface area contributed by atoms with Gasteiger partial charge in [-0.2, -0.15) is 0 Å². The van der Waals surface area contributed by atoms with Crippen molar-refractivity contribution in [3.05, 3.63) is 533 Å². The molecule has 0 amide bonds. The second-order valence-electron chi connectivity index (χ2n) is 27.7. The maximum atomic E-state index is 4.55. The summed E-state index contributed by atoms with van der Waals surface area (Å²) < 4.78 is 0. The zero-order valence-corrected chi connectivity index (χ0v) is 79.4. The largest absolute Gasteiger partial charge is 0.305 e. The summed E-state index contributed by atoms with van der Waals surface area (Å²) in [7, 11) is 0. The Hall–Kier alpha value is -13.6. The molecular formula is C115H86Ir4N8-8. The molecule has 12 heteroatoms. The quantitative estimate of drug-likeness (QED) is 0.111. The Morgan fingerprint density at radius 3 is 0.709 bits per heavy atom. The van der Waals surface area contributed by atoms with Crippen LogP contribution in [0.5, 0.6) is 0 Å². The fraction of sp³-hybridized carbons (Fsp3) is 0.0261. The van der Waals surface area contributed by atoms with Crippen molar-refractivity contribution in [3.8, 4) is 135 Å². The summed E-state index contributed by atoms with van der Waals surface area (Å²) in [6.45, 7) is 6.24. The average Bonchev–Trinajstić information content (AvgIpc) is 0.887. The molecule has 4 radical (unpaired) electrons. The number of aryl methyl sites for hydroxylation is 3. The Kier molecular flexibility index (Phi) is 41.5. The SMILES string of the molecule is Cc1cc(-c2[c-]cccc2)ncc1-c1ccccc1.Cc1ccc(-c2[c-]cc(-c3ccccc3)cc2)nc1.Cc1ccnc(-c2[c-]cc(-c3ccccc3)cc2)c1.[Ir].[Ir].[Ir].[Ir].[c-]1cc(-c2ccccc2)ccc1-c1ccccn1.[c-]1ccccc1-c1ccccn1.[c-]1ccccc1-c1ccccn1.[c-]1ccccc1-c1ccccn1.[c-]1ccccc1-c1ccccn1. The number of benzene rings is 12. The zero-order chi connectivity index (χ0) is 84.3. The molecule has 8 nitrogen and oxygen atoms in total. The summed E-state index contributed by atoms with van der Waals surface area (Å²) in [5, 5.41) is 0. The van der Waals surface area contributed by atoms with Crippen LogP contribution < -0.4 is 0 Å². The minimum absolute atomic E-state index is 0. The molecule has 12 aromatic carbocycles. The maximum Gasteiger partial charge on any atom is 0.0242 e. The third-order valence-electron chi connectivity index (χ3n) is 18.9. The average molecular weight is 2350 g/mol. The maximum absolute atomic E-state index is 4.55. The van der Waals surface area contributed by atoms with Gasteiger partial charge in [-0.1, -0.05) is 245 Å². The molecule has 0 aliphatic carbocycles. The summed E-state index contributed by atoms with van der Waals surface area (Å²) in [5.41, 5.74) is 29.2. The van der Waals surface area contributed by atoms with Crippen molar-refractivity contribution in [2.75, 3.05) is 0 Å². The fourth-order valence-electron chi connectivity index (χ4n) is 12.5. The molecule has 8 heterocycles. The molecule has 20 rings (SSSR count). The molecule has 0 saturated carbocycles. The Labute approximate surface area is 801 Å². The number of hydrogen-bond acceptors (Lipinski definition) is 8. The summed E-state index contributed by atoms with van der Waals surface area (Å²) in [5.74, 6) is 0. The molecule has 0 atom stereocenters. The van der Waals surface area contributed by atoms with Crippen LogP contribution in [-0.4, -0.2) is 39.9 Å². The van der Waals surface area contributed by atoms with Gasteiger partial charge in [0, 0.05) is 136 Å². The van der Waals surface area contributed by atoms with Crippen LogP contribution in [0.3, 0.4) is 0 Å². The third kappa shape index (κ3) is 31.3. The van der Waals surface area contributed by atoms with Gasteiger partial charge in [0.05, 0.1) is 0 Å². The van der Waals surface area contributed by atoms with E-state index in [-0.39, 0.29) is 80.4 Å². The topological polar surface area (TPSA) is 103 Å². The van der Waals surface area contributed by atoms with Crippen molar-refractivity contribution in [3.63, 3.8) is 0 Å². The van der Waals surface area contributed by atoms with Crippen molar-refractivity contribution in [1.82, 2.24) is 39.9 Å². The van der Waals surface area contributed by atoms with Crippen molar-refractivity contribution in [2.24, 2.45) is 0 Å². The van der Waals surface area contributed by atoms with Gasteiger partial charge in [-0.15, -0.1) is 269 Å². The van der Waals surface area contributed by atoms with Crippen LogP contribution in [0.2, 0.25) is 0 Å². The van der Waals surface area contributed by atoms with E-state index in [0.717, 1.165) is 90.1 Å². The van der Waals surface area contributed by atoms with Gasteiger partial charge < -0.3 is 39.9 Å². The van der Waals surface area contributed by atoms with E-state index < -0.39 is 0 Å². The Morgan fingerprint density at radius 2 is 0.441 bits per heavy atom. The summed E-state index contributed by atoms with van der Waals surface area (Å²) in [6.07, 6.45) is 14.6. The summed E-state index contributed by atoms with van der Waals surface area (Å²) >= 11 is 0. The van der Waals surface area contributed by atoms with Gasteiger partial charge >= 0.3 is 0 Å². The first-order chi connectivity index (χ1) is 60.8. The third-order valence-corrected chi connectivity index (χ3v) is 18.9. The second kappa shape index (κ2) is 54.2. The number of pyridine rings is 8. The van der Waals surface area contributed by atoms with Crippen LogP contribution in [0, 0.1) is 69.3 Å². The van der Waals surface area contributed by atoms with Crippen molar-refractivity contribution in [1.29, 1.82) is 0 Å². The first kappa shape index (κ1) is 97.2. The normalized spacial score (nSPS) is 9.76. The monoisotopic (exact) mass is 2350 g/mol. The molecule has 0 unspecified atom stereocenters. The molecule has 0 aliphatic rings. The minimum atomic E-state index is 0. The van der Waals surface area contributed by atoms with Crippen LogP contribution in [0.1, 0.15) is 16.7 Å². The van der Waals surface area contributed by atoms with E-state index in [9.17, 15) is 0 Å². The van der Waals surface area contributed by atoms with Gasteiger partial charge in [0.2, 0.25) is 0 Å². The first-order valence-electron chi connectivity index (χ1n) is 40.3. The molecule has 630 valence electrons. The number of hydrogen-bond donors (Lipinski definition) is 0. The molecule has 0 fully saturated rings. The van der Waals surface area contributed by atoms with E-state index in [1.165, 1.54) is 61.2 Å². The molecule has 127 heavy (non-hydrogen) atoms. The Balaban J connectivity index is 0.000000165.